The lowest BCUT2D eigenvalue weighted by molar-refractivity contribution is 0.0998. The zero-order valence-corrected chi connectivity index (χ0v) is 15.5. The van der Waals surface area contributed by atoms with Gasteiger partial charge in [-0.25, -0.2) is 0 Å². The summed E-state index contributed by atoms with van der Waals surface area (Å²) in [6.45, 7) is 0. The third-order valence-electron chi connectivity index (χ3n) is 3.64. The minimum atomic E-state index is -0.377. The first-order valence-corrected chi connectivity index (χ1v) is 8.16. The maximum atomic E-state index is 12.5. The van der Waals surface area contributed by atoms with Gasteiger partial charge in [0.25, 0.3) is 5.91 Å². The van der Waals surface area contributed by atoms with E-state index < -0.39 is 0 Å². The lowest BCUT2D eigenvalue weighted by Gasteiger charge is -2.14. The Morgan fingerprint density at radius 3 is 2.28 bits per heavy atom. The third kappa shape index (κ3) is 3.28. The fraction of sp³-hybridized carbons (Fsp3) is 0.167. The number of rotatable bonds is 5. The molecule has 0 aliphatic heterocycles. The van der Waals surface area contributed by atoms with Crippen LogP contribution in [0.3, 0.4) is 0 Å². The van der Waals surface area contributed by atoms with Crippen LogP contribution in [0.5, 0.6) is 17.2 Å². The highest BCUT2D eigenvalue weighted by molar-refractivity contribution is 9.10. The van der Waals surface area contributed by atoms with Crippen LogP contribution in [-0.2, 0) is 0 Å². The summed E-state index contributed by atoms with van der Waals surface area (Å²) in [7, 11) is 4.55. The van der Waals surface area contributed by atoms with Gasteiger partial charge in [-0.1, -0.05) is 12.1 Å². The van der Waals surface area contributed by atoms with E-state index in [1.807, 2.05) is 18.2 Å². The van der Waals surface area contributed by atoms with Crippen molar-refractivity contribution in [2.75, 3.05) is 26.6 Å². The number of ether oxygens (including phenoxy) is 3. The maximum Gasteiger partial charge on any atom is 0.291 e. The van der Waals surface area contributed by atoms with Gasteiger partial charge < -0.3 is 23.9 Å². The summed E-state index contributed by atoms with van der Waals surface area (Å²) in [6.07, 6.45) is 0. The number of carbonyl (C=O) groups is 1. The van der Waals surface area contributed by atoms with Crippen LogP contribution < -0.4 is 19.5 Å². The van der Waals surface area contributed by atoms with E-state index >= 15 is 0 Å². The molecule has 0 fully saturated rings. The Labute approximate surface area is 152 Å². The van der Waals surface area contributed by atoms with Crippen LogP contribution in [0.25, 0.3) is 11.0 Å². The number of fused-ring (bicyclic) bond motifs is 1. The average Bonchev–Trinajstić information content (AvgIpc) is 3.06. The van der Waals surface area contributed by atoms with Crippen LogP contribution in [0.2, 0.25) is 0 Å². The number of para-hydroxylation sites is 1. The molecule has 3 rings (SSSR count). The number of benzene rings is 2. The second-order valence-electron chi connectivity index (χ2n) is 5.14. The van der Waals surface area contributed by atoms with Crippen LogP contribution in [0.15, 0.2) is 45.3 Å². The molecule has 0 saturated carbocycles. The summed E-state index contributed by atoms with van der Waals surface area (Å²) < 4.78 is 22.3. The third-order valence-corrected chi connectivity index (χ3v) is 4.27. The van der Waals surface area contributed by atoms with Crippen molar-refractivity contribution in [1.29, 1.82) is 0 Å². The first-order valence-electron chi connectivity index (χ1n) is 7.36. The number of hydrogen-bond donors (Lipinski definition) is 1. The number of furan rings is 1. The number of halogens is 1. The molecule has 1 aromatic heterocycles. The first kappa shape index (κ1) is 17.2. The molecule has 0 unspecified atom stereocenters. The minimum absolute atomic E-state index is 0.204. The number of nitrogens with one attached hydrogen (secondary N) is 1. The number of carbonyl (C=O) groups excluding carboxylic acids is 1. The Morgan fingerprint density at radius 2 is 1.72 bits per heavy atom. The van der Waals surface area contributed by atoms with E-state index in [1.165, 1.54) is 21.3 Å². The average molecular weight is 406 g/mol. The molecule has 0 radical (unpaired) electrons. The van der Waals surface area contributed by atoms with Gasteiger partial charge in [-0.05, 0) is 28.1 Å². The first-order chi connectivity index (χ1) is 12.1. The number of hydrogen-bond acceptors (Lipinski definition) is 5. The summed E-state index contributed by atoms with van der Waals surface area (Å²) in [4.78, 5) is 12.5. The van der Waals surface area contributed by atoms with E-state index in [2.05, 4.69) is 21.2 Å². The van der Waals surface area contributed by atoms with E-state index in [9.17, 15) is 4.79 Å². The van der Waals surface area contributed by atoms with Gasteiger partial charge in [-0.2, -0.15) is 0 Å². The highest BCUT2D eigenvalue weighted by Gasteiger charge is 2.17. The lowest BCUT2D eigenvalue weighted by Crippen LogP contribution is -2.11. The van der Waals surface area contributed by atoms with Gasteiger partial charge in [0.15, 0.2) is 17.3 Å². The van der Waals surface area contributed by atoms with Crippen LogP contribution >= 0.6 is 15.9 Å². The van der Waals surface area contributed by atoms with E-state index in [0.29, 0.717) is 28.5 Å². The van der Waals surface area contributed by atoms with Crippen molar-refractivity contribution in [1.82, 2.24) is 0 Å². The summed E-state index contributed by atoms with van der Waals surface area (Å²) in [5.74, 6) is 1.18. The number of anilines is 1. The van der Waals surface area contributed by atoms with Gasteiger partial charge in [0.1, 0.15) is 5.58 Å². The van der Waals surface area contributed by atoms with Crippen molar-refractivity contribution in [3.8, 4) is 17.2 Å². The molecule has 6 nitrogen and oxygen atoms in total. The summed E-state index contributed by atoms with van der Waals surface area (Å²) >= 11 is 3.41. The Bertz CT molecular complexity index is 909. The van der Waals surface area contributed by atoms with Gasteiger partial charge in [0, 0.05) is 23.2 Å². The molecule has 0 spiro atoms. The molecule has 0 aliphatic carbocycles. The Kier molecular flexibility index (Phi) is 4.85. The Hall–Kier alpha value is -2.67. The van der Waals surface area contributed by atoms with Crippen molar-refractivity contribution in [2.45, 2.75) is 0 Å². The quantitative estimate of drug-likeness (QED) is 0.677. The molecule has 130 valence electrons. The van der Waals surface area contributed by atoms with Crippen LogP contribution in [0.1, 0.15) is 10.6 Å². The molecule has 25 heavy (non-hydrogen) atoms. The van der Waals surface area contributed by atoms with E-state index in [0.717, 1.165) is 9.86 Å². The Morgan fingerprint density at radius 1 is 1.04 bits per heavy atom. The highest BCUT2D eigenvalue weighted by atomic mass is 79.9. The lowest BCUT2D eigenvalue weighted by atomic mass is 10.2. The van der Waals surface area contributed by atoms with E-state index in [-0.39, 0.29) is 11.7 Å². The molecule has 1 heterocycles. The van der Waals surface area contributed by atoms with E-state index in [4.69, 9.17) is 18.6 Å². The van der Waals surface area contributed by atoms with Crippen molar-refractivity contribution in [3.05, 3.63) is 46.6 Å². The Balaban J connectivity index is 1.93. The molecule has 2 aromatic carbocycles. The second kappa shape index (κ2) is 7.06. The predicted molar refractivity (Wildman–Crippen MR) is 98.0 cm³/mol. The fourth-order valence-electron chi connectivity index (χ4n) is 2.49. The molecular formula is C18H16BrNO5. The largest absolute Gasteiger partial charge is 0.493 e. The minimum Gasteiger partial charge on any atom is -0.493 e. The second-order valence-corrected chi connectivity index (χ2v) is 5.99. The fourth-order valence-corrected chi connectivity index (χ4v) is 2.95. The molecule has 0 atom stereocenters. The SMILES string of the molecule is COc1cc(NC(=O)c2cc3cccc(Br)c3o2)cc(OC)c1OC. The van der Waals surface area contributed by atoms with Crippen molar-refractivity contribution >= 4 is 38.5 Å². The standard InChI is InChI=1S/C18H16BrNO5/c1-22-13-8-11(9-14(23-2)17(13)24-3)20-18(21)15-7-10-5-4-6-12(19)16(10)25-15/h4-9H,1-3H3,(H,20,21). The molecule has 0 aliphatic rings. The summed E-state index contributed by atoms with van der Waals surface area (Å²) in [6, 6.07) is 10.6. The highest BCUT2D eigenvalue weighted by Crippen LogP contribution is 2.40. The molecule has 0 bridgehead atoms. The number of amides is 1. The maximum absolute atomic E-state index is 12.5. The predicted octanol–water partition coefficient (Wildman–Crippen LogP) is 4.47. The van der Waals surface area contributed by atoms with Crippen LogP contribution in [0, 0.1) is 0 Å². The molecule has 3 aromatic rings. The molecular weight excluding hydrogens is 390 g/mol. The monoisotopic (exact) mass is 405 g/mol. The van der Waals surface area contributed by atoms with Crippen molar-refractivity contribution in [2.24, 2.45) is 0 Å². The summed E-state index contributed by atoms with van der Waals surface area (Å²) in [5.41, 5.74) is 1.12. The van der Waals surface area contributed by atoms with E-state index in [1.54, 1.807) is 18.2 Å². The topological polar surface area (TPSA) is 69.9 Å². The van der Waals surface area contributed by atoms with Crippen LogP contribution in [-0.4, -0.2) is 27.2 Å². The van der Waals surface area contributed by atoms with Gasteiger partial charge in [-0.15, -0.1) is 0 Å². The van der Waals surface area contributed by atoms with Gasteiger partial charge in [0.2, 0.25) is 5.75 Å². The van der Waals surface area contributed by atoms with Gasteiger partial charge in [-0.3, -0.25) is 4.79 Å². The van der Waals surface area contributed by atoms with Crippen molar-refractivity contribution in [3.63, 3.8) is 0 Å². The molecule has 1 N–H and O–H groups in total. The smallest absolute Gasteiger partial charge is 0.291 e. The normalized spacial score (nSPS) is 10.6. The number of methoxy groups -OCH3 is 3. The molecule has 1 amide bonds. The summed E-state index contributed by atoms with van der Waals surface area (Å²) in [5, 5.41) is 3.61. The van der Waals surface area contributed by atoms with Crippen molar-refractivity contribution < 1.29 is 23.4 Å². The molecule has 7 heteroatoms. The zero-order chi connectivity index (χ0) is 18.0. The van der Waals surface area contributed by atoms with Gasteiger partial charge in [0.05, 0.1) is 25.8 Å². The van der Waals surface area contributed by atoms with Gasteiger partial charge >= 0.3 is 0 Å². The zero-order valence-electron chi connectivity index (χ0n) is 13.9. The van der Waals surface area contributed by atoms with Crippen LogP contribution in [0.4, 0.5) is 5.69 Å². The molecule has 0 saturated heterocycles.